The topological polar surface area (TPSA) is 58.9 Å². The van der Waals surface area contributed by atoms with E-state index in [1.807, 2.05) is 19.9 Å². The second kappa shape index (κ2) is 5.18. The molecule has 0 radical (unpaired) electrons. The third-order valence-corrected chi connectivity index (χ3v) is 2.58. The van der Waals surface area contributed by atoms with Crippen LogP contribution in [0.25, 0.3) is 0 Å². The van der Waals surface area contributed by atoms with Crippen molar-refractivity contribution < 1.29 is 20.3 Å². The van der Waals surface area contributed by atoms with Gasteiger partial charge in [0.1, 0.15) is 0 Å². The minimum atomic E-state index is 0.121. The molecule has 0 heterocycles. The van der Waals surface area contributed by atoms with E-state index < -0.39 is 0 Å². The normalized spacial score (nSPS) is 11.0. The third-order valence-electron chi connectivity index (χ3n) is 2.58. The maximum Gasteiger partial charge on any atom is 0.214 e. The van der Waals surface area contributed by atoms with Crippen LogP contribution in [-0.4, -0.2) is 10.5 Å². The second-order valence-corrected chi connectivity index (χ2v) is 4.39. The van der Waals surface area contributed by atoms with E-state index >= 15 is 0 Å². The molecule has 4 nitrogen and oxygen atoms in total. The zero-order valence-corrected chi connectivity index (χ0v) is 10.0. The zero-order valence-electron chi connectivity index (χ0n) is 10.0. The van der Waals surface area contributed by atoms with Crippen molar-refractivity contribution in [2.45, 2.75) is 39.5 Å². The molecule has 16 heavy (non-hydrogen) atoms. The van der Waals surface area contributed by atoms with Crippen LogP contribution in [0.3, 0.4) is 0 Å². The van der Waals surface area contributed by atoms with Gasteiger partial charge in [-0.2, -0.15) is 0 Å². The summed E-state index contributed by atoms with van der Waals surface area (Å²) in [5.41, 5.74) is 1.92. The first-order chi connectivity index (χ1) is 7.52. The Bertz CT molecular complexity index is 358. The SMILES string of the molecule is CC(C)c1ccc(OO)c(OO)c1C(C)C. The van der Waals surface area contributed by atoms with Crippen molar-refractivity contribution >= 4 is 0 Å². The Morgan fingerprint density at radius 3 is 1.94 bits per heavy atom. The van der Waals surface area contributed by atoms with Gasteiger partial charge < -0.3 is 9.78 Å². The minimum absolute atomic E-state index is 0.121. The van der Waals surface area contributed by atoms with E-state index in [0.29, 0.717) is 5.92 Å². The Balaban J connectivity index is 3.44. The summed E-state index contributed by atoms with van der Waals surface area (Å²) in [7, 11) is 0. The molecule has 1 rings (SSSR count). The van der Waals surface area contributed by atoms with E-state index in [-0.39, 0.29) is 17.4 Å². The lowest BCUT2D eigenvalue weighted by molar-refractivity contribution is -0.164. The summed E-state index contributed by atoms with van der Waals surface area (Å²) < 4.78 is 0. The van der Waals surface area contributed by atoms with Crippen molar-refractivity contribution in [1.82, 2.24) is 0 Å². The van der Waals surface area contributed by atoms with Crippen molar-refractivity contribution in [2.24, 2.45) is 0 Å². The van der Waals surface area contributed by atoms with Gasteiger partial charge in [0, 0.05) is 5.56 Å². The van der Waals surface area contributed by atoms with Crippen molar-refractivity contribution in [2.75, 3.05) is 0 Å². The summed E-state index contributed by atoms with van der Waals surface area (Å²) in [4.78, 5) is 8.51. The fourth-order valence-corrected chi connectivity index (χ4v) is 1.86. The number of hydrogen-bond donors (Lipinski definition) is 2. The summed E-state index contributed by atoms with van der Waals surface area (Å²) in [6.07, 6.45) is 0. The number of benzene rings is 1. The summed E-state index contributed by atoms with van der Waals surface area (Å²) in [6.45, 7) is 8.10. The van der Waals surface area contributed by atoms with Crippen molar-refractivity contribution in [1.29, 1.82) is 0 Å². The predicted molar refractivity (Wildman–Crippen MR) is 61.1 cm³/mol. The lowest BCUT2D eigenvalue weighted by Crippen LogP contribution is -2.04. The molecule has 0 amide bonds. The van der Waals surface area contributed by atoms with Crippen LogP contribution in [0.2, 0.25) is 0 Å². The van der Waals surface area contributed by atoms with Gasteiger partial charge in [-0.15, -0.1) is 0 Å². The van der Waals surface area contributed by atoms with E-state index in [0.717, 1.165) is 11.1 Å². The van der Waals surface area contributed by atoms with Crippen LogP contribution in [0.1, 0.15) is 50.7 Å². The van der Waals surface area contributed by atoms with Crippen LogP contribution in [0.15, 0.2) is 12.1 Å². The lowest BCUT2D eigenvalue weighted by atomic mass is 9.89. The highest BCUT2D eigenvalue weighted by Gasteiger charge is 2.20. The van der Waals surface area contributed by atoms with Gasteiger partial charge in [-0.25, -0.2) is 10.5 Å². The molecular formula is C12H18O4. The van der Waals surface area contributed by atoms with Crippen molar-refractivity contribution in [3.63, 3.8) is 0 Å². The highest BCUT2D eigenvalue weighted by Crippen LogP contribution is 2.40. The van der Waals surface area contributed by atoms with Crippen LogP contribution < -0.4 is 9.78 Å². The predicted octanol–water partition coefficient (Wildman–Crippen LogP) is 3.64. The Kier molecular flexibility index (Phi) is 4.15. The highest BCUT2D eigenvalue weighted by atomic mass is 17.1. The number of hydrogen-bond acceptors (Lipinski definition) is 4. The van der Waals surface area contributed by atoms with Gasteiger partial charge in [0.15, 0.2) is 0 Å². The van der Waals surface area contributed by atoms with E-state index in [1.54, 1.807) is 6.07 Å². The molecule has 0 aliphatic carbocycles. The third kappa shape index (κ3) is 2.28. The standard InChI is InChI=1S/C12H18O4/c1-7(2)9-5-6-10(15-13)12(16-14)11(9)8(3)4/h5-8,13-14H,1-4H3. The van der Waals surface area contributed by atoms with E-state index in [4.69, 9.17) is 10.5 Å². The first-order valence-corrected chi connectivity index (χ1v) is 5.32. The molecular weight excluding hydrogens is 208 g/mol. The molecule has 0 bridgehead atoms. The summed E-state index contributed by atoms with van der Waals surface area (Å²) in [5, 5.41) is 17.6. The Hall–Kier alpha value is -1.26. The molecule has 0 aliphatic rings. The van der Waals surface area contributed by atoms with Crippen LogP contribution >= 0.6 is 0 Å². The molecule has 0 saturated carbocycles. The van der Waals surface area contributed by atoms with Gasteiger partial charge >= 0.3 is 0 Å². The molecule has 2 N–H and O–H groups in total. The first kappa shape index (κ1) is 12.8. The van der Waals surface area contributed by atoms with Crippen LogP contribution in [-0.2, 0) is 0 Å². The largest absolute Gasteiger partial charge is 0.336 e. The molecule has 0 atom stereocenters. The molecule has 0 aromatic heterocycles. The Morgan fingerprint density at radius 2 is 1.56 bits per heavy atom. The van der Waals surface area contributed by atoms with Crippen molar-refractivity contribution in [3.05, 3.63) is 23.3 Å². The molecule has 4 heteroatoms. The van der Waals surface area contributed by atoms with Crippen molar-refractivity contribution in [3.8, 4) is 11.5 Å². The molecule has 90 valence electrons. The van der Waals surface area contributed by atoms with Crippen LogP contribution in [0.4, 0.5) is 0 Å². The molecule has 0 saturated heterocycles. The summed E-state index contributed by atoms with van der Waals surface area (Å²) in [5.74, 6) is 0.771. The van der Waals surface area contributed by atoms with E-state index in [9.17, 15) is 0 Å². The van der Waals surface area contributed by atoms with Gasteiger partial charge in [0.2, 0.25) is 11.5 Å². The van der Waals surface area contributed by atoms with Gasteiger partial charge in [0.05, 0.1) is 0 Å². The number of rotatable bonds is 4. The maximum absolute atomic E-state index is 8.89. The second-order valence-electron chi connectivity index (χ2n) is 4.39. The van der Waals surface area contributed by atoms with Gasteiger partial charge in [-0.05, 0) is 23.5 Å². The van der Waals surface area contributed by atoms with Gasteiger partial charge in [0.25, 0.3) is 0 Å². The molecule has 0 spiro atoms. The quantitative estimate of drug-likeness (QED) is 0.608. The van der Waals surface area contributed by atoms with E-state index in [2.05, 4.69) is 23.6 Å². The average molecular weight is 226 g/mol. The first-order valence-electron chi connectivity index (χ1n) is 5.32. The lowest BCUT2D eigenvalue weighted by Gasteiger charge is -2.19. The molecule has 0 unspecified atom stereocenters. The van der Waals surface area contributed by atoms with E-state index in [1.165, 1.54) is 0 Å². The molecule has 1 aromatic carbocycles. The fraction of sp³-hybridized carbons (Fsp3) is 0.500. The molecule has 1 aromatic rings. The van der Waals surface area contributed by atoms with Gasteiger partial charge in [-0.1, -0.05) is 33.8 Å². The monoisotopic (exact) mass is 226 g/mol. The Morgan fingerprint density at radius 1 is 0.938 bits per heavy atom. The highest BCUT2D eigenvalue weighted by molar-refractivity contribution is 5.52. The van der Waals surface area contributed by atoms with Crippen LogP contribution in [0, 0.1) is 0 Å². The smallest absolute Gasteiger partial charge is 0.214 e. The zero-order chi connectivity index (χ0) is 12.3. The molecule has 0 aliphatic heterocycles. The minimum Gasteiger partial charge on any atom is -0.336 e. The maximum atomic E-state index is 8.89. The molecule has 0 fully saturated rings. The van der Waals surface area contributed by atoms with Crippen LogP contribution in [0.5, 0.6) is 11.5 Å². The fourth-order valence-electron chi connectivity index (χ4n) is 1.86. The summed E-state index contributed by atoms with van der Waals surface area (Å²) in [6, 6.07) is 3.45. The Labute approximate surface area is 95.3 Å². The van der Waals surface area contributed by atoms with Gasteiger partial charge in [-0.3, -0.25) is 0 Å². The summed E-state index contributed by atoms with van der Waals surface area (Å²) >= 11 is 0. The average Bonchev–Trinajstić information content (AvgIpc) is 2.26.